The predicted octanol–water partition coefficient (Wildman–Crippen LogP) is 4.23. The van der Waals surface area contributed by atoms with Crippen LogP contribution < -0.4 is 5.32 Å². The summed E-state index contributed by atoms with van der Waals surface area (Å²) in [5.41, 5.74) is 1.64. The van der Waals surface area contributed by atoms with Crippen LogP contribution in [0, 0.1) is 12.8 Å². The van der Waals surface area contributed by atoms with E-state index in [0.717, 1.165) is 24.1 Å². The van der Waals surface area contributed by atoms with Gasteiger partial charge in [-0.05, 0) is 56.4 Å². The van der Waals surface area contributed by atoms with Gasteiger partial charge in [0.1, 0.15) is 0 Å². The molecule has 1 N–H and O–H groups in total. The summed E-state index contributed by atoms with van der Waals surface area (Å²) in [6.45, 7) is 3.93. The number of hydrogen-bond acceptors (Lipinski definition) is 4. The van der Waals surface area contributed by atoms with Gasteiger partial charge in [-0.1, -0.05) is 12.8 Å². The molecule has 6 heteroatoms. The number of carbonyl (C=O) groups is 1. The third-order valence-corrected chi connectivity index (χ3v) is 5.49. The largest absolute Gasteiger partial charge is 0.421 e. The Hall–Kier alpha value is -2.37. The van der Waals surface area contributed by atoms with Gasteiger partial charge in [0.25, 0.3) is 0 Å². The summed E-state index contributed by atoms with van der Waals surface area (Å²) in [6.07, 6.45) is 6.07. The molecule has 1 aromatic heterocycles. The van der Waals surface area contributed by atoms with E-state index in [0.29, 0.717) is 29.8 Å². The van der Waals surface area contributed by atoms with Crippen LogP contribution >= 0.6 is 0 Å². The molecule has 0 spiro atoms. The summed E-state index contributed by atoms with van der Waals surface area (Å²) >= 11 is 0. The first-order valence-corrected chi connectivity index (χ1v) is 9.11. The fraction of sp³-hybridized carbons (Fsp3) is 0.526. The number of anilines is 1. The molecule has 2 heterocycles. The van der Waals surface area contributed by atoms with Crippen LogP contribution in [0.4, 0.5) is 10.5 Å². The summed E-state index contributed by atoms with van der Waals surface area (Å²) in [6, 6.07) is 8.28. The first-order valence-electron chi connectivity index (χ1n) is 9.11. The molecule has 0 bridgehead atoms. The van der Waals surface area contributed by atoms with Crippen molar-refractivity contribution in [2.24, 2.45) is 5.92 Å². The Morgan fingerprint density at radius 3 is 2.68 bits per heavy atom. The molecule has 25 heavy (non-hydrogen) atoms. The smallest absolute Gasteiger partial charge is 0.322 e. The molecule has 1 saturated heterocycles. The van der Waals surface area contributed by atoms with E-state index in [1.54, 1.807) is 6.92 Å². The summed E-state index contributed by atoms with van der Waals surface area (Å²) < 4.78 is 5.43. The van der Waals surface area contributed by atoms with E-state index in [2.05, 4.69) is 27.3 Å². The zero-order valence-corrected chi connectivity index (χ0v) is 14.7. The van der Waals surface area contributed by atoms with Crippen molar-refractivity contribution in [2.75, 3.05) is 5.32 Å². The van der Waals surface area contributed by atoms with Gasteiger partial charge in [-0.25, -0.2) is 4.79 Å². The molecule has 1 aromatic carbocycles. The van der Waals surface area contributed by atoms with Crippen molar-refractivity contribution in [2.45, 2.75) is 58.0 Å². The van der Waals surface area contributed by atoms with Crippen molar-refractivity contribution in [1.29, 1.82) is 0 Å². The normalized spacial score (nSPS) is 25.7. The summed E-state index contributed by atoms with van der Waals surface area (Å²) in [5.74, 6) is 1.71. The number of rotatable bonds is 2. The Labute approximate surface area is 147 Å². The van der Waals surface area contributed by atoms with Gasteiger partial charge in [0, 0.05) is 30.3 Å². The quantitative estimate of drug-likeness (QED) is 0.888. The SMILES string of the molecule is Cc1nnc(-c2ccc(NC(=O)N3C(C)CC4CCCCC43)cc2)o1. The highest BCUT2D eigenvalue weighted by Gasteiger charge is 2.42. The lowest BCUT2D eigenvalue weighted by Gasteiger charge is -2.33. The van der Waals surface area contributed by atoms with Crippen LogP contribution in [0.2, 0.25) is 0 Å². The molecule has 2 amide bonds. The van der Waals surface area contributed by atoms with Gasteiger partial charge in [-0.3, -0.25) is 0 Å². The molecule has 1 aliphatic carbocycles. The lowest BCUT2D eigenvalue weighted by Crippen LogP contribution is -2.44. The van der Waals surface area contributed by atoms with Crippen LogP contribution in [0.25, 0.3) is 11.5 Å². The van der Waals surface area contributed by atoms with Crippen molar-refractivity contribution < 1.29 is 9.21 Å². The maximum Gasteiger partial charge on any atom is 0.322 e. The van der Waals surface area contributed by atoms with Gasteiger partial charge in [-0.15, -0.1) is 10.2 Å². The van der Waals surface area contributed by atoms with Gasteiger partial charge in [0.2, 0.25) is 11.8 Å². The molecule has 4 rings (SSSR count). The molecular formula is C19H24N4O2. The third kappa shape index (κ3) is 3.13. The van der Waals surface area contributed by atoms with E-state index < -0.39 is 0 Å². The Morgan fingerprint density at radius 2 is 1.96 bits per heavy atom. The minimum absolute atomic E-state index is 0.0169. The first-order chi connectivity index (χ1) is 12.1. The van der Waals surface area contributed by atoms with Gasteiger partial charge in [0.05, 0.1) is 0 Å². The maximum atomic E-state index is 12.8. The Kier molecular flexibility index (Phi) is 4.19. The van der Waals surface area contributed by atoms with Crippen LogP contribution in [0.3, 0.4) is 0 Å². The number of fused-ring (bicyclic) bond motifs is 1. The van der Waals surface area contributed by atoms with Crippen LogP contribution in [-0.2, 0) is 0 Å². The van der Waals surface area contributed by atoms with Crippen LogP contribution in [-0.4, -0.2) is 33.2 Å². The lowest BCUT2D eigenvalue weighted by atomic mass is 9.85. The minimum atomic E-state index is 0.0169. The first kappa shape index (κ1) is 16.1. The number of benzene rings is 1. The van der Waals surface area contributed by atoms with Crippen molar-refractivity contribution >= 4 is 11.7 Å². The lowest BCUT2D eigenvalue weighted by molar-refractivity contribution is 0.168. The maximum absolute atomic E-state index is 12.8. The molecule has 3 unspecified atom stereocenters. The fourth-order valence-electron chi connectivity index (χ4n) is 4.36. The molecule has 132 valence electrons. The molecular weight excluding hydrogens is 316 g/mol. The van der Waals surface area contributed by atoms with E-state index in [4.69, 9.17) is 4.42 Å². The fourth-order valence-corrected chi connectivity index (χ4v) is 4.36. The van der Waals surface area contributed by atoms with E-state index >= 15 is 0 Å². The van der Waals surface area contributed by atoms with Crippen LogP contribution in [0.15, 0.2) is 28.7 Å². The van der Waals surface area contributed by atoms with Crippen LogP contribution in [0.1, 0.15) is 44.9 Å². The van der Waals surface area contributed by atoms with Crippen molar-refractivity contribution in [3.8, 4) is 11.5 Å². The Bertz CT molecular complexity index is 755. The second-order valence-electron chi connectivity index (χ2n) is 7.24. The Morgan fingerprint density at radius 1 is 1.20 bits per heavy atom. The number of aromatic nitrogens is 2. The highest BCUT2D eigenvalue weighted by molar-refractivity contribution is 5.90. The summed E-state index contributed by atoms with van der Waals surface area (Å²) in [7, 11) is 0. The van der Waals surface area contributed by atoms with Crippen molar-refractivity contribution in [1.82, 2.24) is 15.1 Å². The highest BCUT2D eigenvalue weighted by atomic mass is 16.4. The summed E-state index contributed by atoms with van der Waals surface area (Å²) in [5, 5.41) is 10.9. The predicted molar refractivity (Wildman–Crippen MR) is 95.2 cm³/mol. The van der Waals surface area contributed by atoms with E-state index in [1.807, 2.05) is 24.3 Å². The number of likely N-dealkylation sites (tertiary alicyclic amines) is 1. The minimum Gasteiger partial charge on any atom is -0.421 e. The van der Waals surface area contributed by atoms with Gasteiger partial charge in [0.15, 0.2) is 0 Å². The average molecular weight is 340 g/mol. The second-order valence-corrected chi connectivity index (χ2v) is 7.24. The number of carbonyl (C=O) groups excluding carboxylic acids is 1. The number of hydrogen-bond donors (Lipinski definition) is 1. The number of urea groups is 1. The molecule has 3 atom stereocenters. The number of aryl methyl sites for hydroxylation is 1. The third-order valence-electron chi connectivity index (χ3n) is 5.49. The van der Waals surface area contributed by atoms with E-state index in [1.165, 1.54) is 19.3 Å². The zero-order chi connectivity index (χ0) is 17.4. The molecule has 6 nitrogen and oxygen atoms in total. The van der Waals surface area contributed by atoms with Crippen molar-refractivity contribution in [3.63, 3.8) is 0 Å². The van der Waals surface area contributed by atoms with Crippen LogP contribution in [0.5, 0.6) is 0 Å². The highest BCUT2D eigenvalue weighted by Crippen LogP contribution is 2.39. The molecule has 1 saturated carbocycles. The summed E-state index contributed by atoms with van der Waals surface area (Å²) in [4.78, 5) is 14.9. The topological polar surface area (TPSA) is 71.3 Å². The van der Waals surface area contributed by atoms with Gasteiger partial charge < -0.3 is 14.6 Å². The average Bonchev–Trinajstić information content (AvgIpc) is 3.18. The zero-order valence-electron chi connectivity index (χ0n) is 14.7. The standard InChI is InChI=1S/C19H24N4O2/c1-12-11-15-5-3-4-6-17(15)23(12)19(24)20-16-9-7-14(8-10-16)18-22-21-13(2)25-18/h7-10,12,15,17H,3-6,11H2,1-2H3,(H,20,24). The number of nitrogens with zero attached hydrogens (tertiary/aromatic N) is 3. The Balaban J connectivity index is 1.45. The second kappa shape index (κ2) is 6.50. The van der Waals surface area contributed by atoms with Gasteiger partial charge >= 0.3 is 6.03 Å². The van der Waals surface area contributed by atoms with Crippen molar-refractivity contribution in [3.05, 3.63) is 30.2 Å². The van der Waals surface area contributed by atoms with Gasteiger partial charge in [-0.2, -0.15) is 0 Å². The van der Waals surface area contributed by atoms with E-state index in [-0.39, 0.29) is 6.03 Å². The molecule has 2 aromatic rings. The molecule has 1 aliphatic heterocycles. The number of amides is 2. The molecule has 0 radical (unpaired) electrons. The molecule has 2 aliphatic rings. The monoisotopic (exact) mass is 340 g/mol. The van der Waals surface area contributed by atoms with E-state index in [9.17, 15) is 4.79 Å². The molecule has 2 fully saturated rings. The number of nitrogens with one attached hydrogen (secondary N) is 1.